The van der Waals surface area contributed by atoms with Crippen molar-refractivity contribution in [1.29, 1.82) is 0 Å². The minimum absolute atomic E-state index is 0.0208. The van der Waals surface area contributed by atoms with Gasteiger partial charge in [0.05, 0.1) is 43.1 Å². The van der Waals surface area contributed by atoms with Gasteiger partial charge in [0.25, 0.3) is 50.6 Å². The Hall–Kier alpha value is -8.66. The van der Waals surface area contributed by atoms with Crippen LogP contribution in [0.2, 0.25) is 0 Å². The van der Waals surface area contributed by atoms with Gasteiger partial charge in [-0.25, -0.2) is 10.9 Å². The highest BCUT2D eigenvalue weighted by atomic mass is 32.2. The van der Waals surface area contributed by atoms with Crippen LogP contribution in [0.1, 0.15) is 5.56 Å². The van der Waals surface area contributed by atoms with Gasteiger partial charge in [-0.1, -0.05) is 48.5 Å². The first-order chi connectivity index (χ1) is 37.0. The average Bonchev–Trinajstić information content (AvgIpc) is 3.51. The number of fused-ring (bicyclic) bond motifs is 4. The number of phenolic OH excluding ortho intramolecular Hbond substituents is 1. The van der Waals surface area contributed by atoms with Crippen molar-refractivity contribution < 1.29 is 80.2 Å². The summed E-state index contributed by atoms with van der Waals surface area (Å²) in [6.07, 6.45) is 2.92. The number of hydrazine groups is 2. The molecule has 0 aliphatic heterocycles. The smallest absolute Gasteiger partial charge is 0.296 e. The van der Waals surface area contributed by atoms with Crippen molar-refractivity contribution in [1.82, 2.24) is 0 Å². The monoisotopic (exact) mass is 1170 g/mol. The second-order valence-corrected chi connectivity index (χ2v) is 24.3. The number of quaternary nitrogens is 1. The summed E-state index contributed by atoms with van der Waals surface area (Å²) < 4.78 is 173. The standard InChI is InChI=1S/C49H40N8O17S5/c50-38-25-34-27(20-45(38)78(69,70)71)21-46(79(72,73)74)48(49(34)59)57-56-44-18-16-41(33-12-9-30(24-37(33)44)77(66,67)68)53-55-43-17-15-40(32-11-8-29(23-36(32)43)76(63,64)65)52-54-42-14-13-39(31-10-7-28(22-35(31)42)75(60,61)62)51-47(58)19-6-26-4-2-1-3-5-26/h1-25,52-57,59H,50H2,(H,51,58)(H,60,61,62)(H,63,64,65)(H,66,67,68)(H,69,70,71)(H,72,73,74)/p+1/b19-6+. The zero-order valence-corrected chi connectivity index (χ0v) is 43.9. The molecule has 30 heteroatoms. The quantitative estimate of drug-likeness (QED) is 0.0114. The predicted molar refractivity (Wildman–Crippen MR) is 295 cm³/mol. The van der Waals surface area contributed by atoms with Crippen LogP contribution in [0.4, 0.5) is 45.5 Å². The number of benzene rings is 9. The number of carbonyl (C=O) groups excluding carboxylic acids is 1. The molecular formula is C49H41N8O17S5+. The lowest BCUT2D eigenvalue weighted by atomic mass is 10.1. The van der Waals surface area contributed by atoms with Crippen LogP contribution in [0.3, 0.4) is 0 Å². The molecule has 16 N–H and O–H groups in total. The molecule has 9 rings (SSSR count). The Balaban J connectivity index is 1.04. The summed E-state index contributed by atoms with van der Waals surface area (Å²) in [5.74, 6) is -1.38. The summed E-state index contributed by atoms with van der Waals surface area (Å²) in [4.78, 5) is 9.66. The van der Waals surface area contributed by atoms with E-state index in [4.69, 9.17) is 5.73 Å². The van der Waals surface area contributed by atoms with Crippen molar-refractivity contribution in [2.24, 2.45) is 0 Å². The van der Waals surface area contributed by atoms with E-state index in [9.17, 15) is 74.8 Å². The Morgan fingerprint density at radius 1 is 0.456 bits per heavy atom. The third kappa shape index (κ3) is 11.8. The van der Waals surface area contributed by atoms with Gasteiger partial charge < -0.3 is 32.4 Å². The molecule has 0 radical (unpaired) electrons. The van der Waals surface area contributed by atoms with Gasteiger partial charge in [0, 0.05) is 55.5 Å². The van der Waals surface area contributed by atoms with Crippen molar-refractivity contribution in [2.75, 3.05) is 38.2 Å². The van der Waals surface area contributed by atoms with Crippen LogP contribution in [0.25, 0.3) is 49.2 Å². The van der Waals surface area contributed by atoms with Crippen molar-refractivity contribution in [3.05, 3.63) is 151 Å². The van der Waals surface area contributed by atoms with Crippen LogP contribution in [0, 0.1) is 0 Å². The molecule has 0 aromatic heterocycles. The van der Waals surface area contributed by atoms with E-state index in [1.807, 2.05) is 6.07 Å². The van der Waals surface area contributed by atoms with Gasteiger partial charge in [-0.2, -0.15) is 42.1 Å². The fourth-order valence-electron chi connectivity index (χ4n) is 8.45. The molecule has 0 heterocycles. The first-order valence-electron chi connectivity index (χ1n) is 22.4. The lowest BCUT2D eigenvalue weighted by Crippen LogP contribution is -2.82. The number of hydrogen-bond acceptors (Lipinski definition) is 18. The van der Waals surface area contributed by atoms with Gasteiger partial charge in [-0.15, -0.1) is 0 Å². The maximum absolute atomic E-state index is 13.0. The van der Waals surface area contributed by atoms with Gasteiger partial charge in [-0.05, 0) is 102 Å². The van der Waals surface area contributed by atoms with E-state index < -0.39 is 98.1 Å². The Labute approximate surface area is 448 Å². The SMILES string of the molecule is Nc1cc2c(O)c(NNc3ccc(N[NH2+]c4ccc(NNc5ccc(NC(=O)/C=C/c6ccccc6)c6ccc(S(=O)(=O)O)cc56)c5ccc(S(=O)(=O)O)cc45)c4ccc(S(=O)(=O)O)cc34)c(S(=O)(=O)O)cc2cc1S(=O)(=O)O. The zero-order valence-electron chi connectivity index (χ0n) is 39.8. The summed E-state index contributed by atoms with van der Waals surface area (Å²) >= 11 is 0. The third-order valence-corrected chi connectivity index (χ3v) is 16.5. The number of nitrogens with one attached hydrogen (secondary N) is 6. The number of hydrogen-bond donors (Lipinski definition) is 14. The molecule has 0 saturated carbocycles. The highest BCUT2D eigenvalue weighted by molar-refractivity contribution is 7.87. The molecular weight excluding hydrogens is 1130 g/mol. The number of carbonyl (C=O) groups is 1. The first kappa shape index (κ1) is 55.1. The second-order valence-electron chi connectivity index (χ2n) is 17.3. The van der Waals surface area contributed by atoms with Crippen molar-refractivity contribution in [2.45, 2.75) is 24.5 Å². The molecule has 408 valence electrons. The Bertz CT molecular complexity index is 4670. The molecule has 0 aliphatic rings. The van der Waals surface area contributed by atoms with Gasteiger partial charge in [0.2, 0.25) is 5.91 Å². The van der Waals surface area contributed by atoms with Gasteiger partial charge in [-0.3, -0.25) is 33.0 Å². The minimum Gasteiger partial charge on any atom is -0.505 e. The van der Waals surface area contributed by atoms with E-state index in [1.54, 1.807) is 48.5 Å². The third-order valence-electron chi connectivity index (χ3n) is 12.2. The highest BCUT2D eigenvalue weighted by Crippen LogP contribution is 2.42. The van der Waals surface area contributed by atoms with E-state index in [1.165, 1.54) is 60.0 Å². The number of nitrogen functional groups attached to an aromatic ring is 2. The number of nitrogens with two attached hydrogens (primary N) is 2. The fourth-order valence-corrected chi connectivity index (χ4v) is 11.3. The largest absolute Gasteiger partial charge is 0.505 e. The van der Waals surface area contributed by atoms with Crippen LogP contribution < -0.4 is 43.6 Å². The average molecular weight is 1170 g/mol. The molecule has 0 unspecified atom stereocenters. The van der Waals surface area contributed by atoms with Crippen molar-refractivity contribution >= 4 is 151 Å². The zero-order chi connectivity index (χ0) is 57.0. The molecule has 0 aliphatic carbocycles. The molecule has 79 heavy (non-hydrogen) atoms. The Morgan fingerprint density at radius 2 is 0.911 bits per heavy atom. The molecule has 25 nitrogen and oxygen atoms in total. The number of aromatic hydroxyl groups is 1. The molecule has 0 spiro atoms. The van der Waals surface area contributed by atoms with E-state index in [2.05, 4.69) is 32.4 Å². The van der Waals surface area contributed by atoms with Crippen LogP contribution in [0.15, 0.2) is 170 Å². The Morgan fingerprint density at radius 3 is 1.46 bits per heavy atom. The maximum atomic E-state index is 13.0. The van der Waals surface area contributed by atoms with Crippen molar-refractivity contribution in [3.63, 3.8) is 0 Å². The molecule has 9 aromatic carbocycles. The number of anilines is 7. The Kier molecular flexibility index (Phi) is 14.4. The summed E-state index contributed by atoms with van der Waals surface area (Å²) in [6.45, 7) is 0. The van der Waals surface area contributed by atoms with Gasteiger partial charge in [0.15, 0.2) is 5.69 Å². The van der Waals surface area contributed by atoms with E-state index in [0.717, 1.165) is 48.0 Å². The van der Waals surface area contributed by atoms with Crippen LogP contribution >= 0.6 is 0 Å². The summed E-state index contributed by atoms with van der Waals surface area (Å²) in [5, 5.41) is 14.9. The molecule has 0 saturated heterocycles. The van der Waals surface area contributed by atoms with E-state index in [-0.39, 0.29) is 49.4 Å². The summed E-state index contributed by atoms with van der Waals surface area (Å²) in [7, 11) is -24.5. The van der Waals surface area contributed by atoms with E-state index >= 15 is 0 Å². The normalized spacial score (nSPS) is 12.5. The maximum Gasteiger partial charge on any atom is 0.296 e. The highest BCUT2D eigenvalue weighted by Gasteiger charge is 2.26. The summed E-state index contributed by atoms with van der Waals surface area (Å²) in [5.41, 5.74) is 22.4. The van der Waals surface area contributed by atoms with Crippen molar-refractivity contribution in [3.8, 4) is 5.75 Å². The lowest BCUT2D eigenvalue weighted by molar-refractivity contribution is -0.536. The van der Waals surface area contributed by atoms with E-state index in [0.29, 0.717) is 27.8 Å². The number of amides is 1. The second kappa shape index (κ2) is 20.6. The topological polar surface area (TPSA) is 424 Å². The molecule has 1 amide bonds. The summed E-state index contributed by atoms with van der Waals surface area (Å²) in [6, 6.07) is 31.4. The molecule has 9 aromatic rings. The number of phenols is 1. The fraction of sp³-hybridized carbons (Fsp3) is 0. The molecule has 0 bridgehead atoms. The van der Waals surface area contributed by atoms with Gasteiger partial charge >= 0.3 is 0 Å². The minimum atomic E-state index is -5.22. The molecule has 0 fully saturated rings. The predicted octanol–water partition coefficient (Wildman–Crippen LogP) is 6.57. The first-order valence-corrected chi connectivity index (χ1v) is 29.6. The lowest BCUT2D eigenvalue weighted by Gasteiger charge is -2.19. The number of rotatable bonds is 17. The molecule has 0 atom stereocenters. The van der Waals surface area contributed by atoms with Crippen LogP contribution in [-0.4, -0.2) is 75.9 Å². The van der Waals surface area contributed by atoms with Gasteiger partial charge in [0.1, 0.15) is 21.2 Å². The van der Waals surface area contributed by atoms with Crippen LogP contribution in [-0.2, 0) is 55.4 Å². The van der Waals surface area contributed by atoms with Crippen LogP contribution in [0.5, 0.6) is 5.75 Å².